The van der Waals surface area contributed by atoms with Gasteiger partial charge in [-0.1, -0.05) is 17.2 Å². The van der Waals surface area contributed by atoms with Crippen LogP contribution in [0.15, 0.2) is 83.5 Å². The largest absolute Gasteiger partial charge is 0.417 e. The Balaban J connectivity index is 1.41. The molecule has 0 N–H and O–H groups in total. The van der Waals surface area contributed by atoms with Gasteiger partial charge >= 0.3 is 6.18 Å². The van der Waals surface area contributed by atoms with Crippen LogP contribution in [0.4, 0.5) is 17.6 Å². The molecule has 44 heavy (non-hydrogen) atoms. The number of Topliss-reactive ketones (excluding diaryl/α,β-unsaturated/α-hetero) is 1. The Morgan fingerprint density at radius 1 is 1.05 bits per heavy atom. The molecular formula is C31H25ClF4N4O3S. The third-order valence-corrected chi connectivity index (χ3v) is 10.6. The fraction of sp³-hybridized carbons (Fsp3) is 0.258. The van der Waals surface area contributed by atoms with Crippen LogP contribution in [0.5, 0.6) is 0 Å². The van der Waals surface area contributed by atoms with Crippen LogP contribution in [0, 0.1) is 11.2 Å². The van der Waals surface area contributed by atoms with Crippen molar-refractivity contribution in [3.05, 3.63) is 112 Å². The molecule has 2 aromatic heterocycles. The number of sulfonamides is 1. The van der Waals surface area contributed by atoms with E-state index in [9.17, 15) is 30.8 Å². The van der Waals surface area contributed by atoms with Crippen molar-refractivity contribution in [3.63, 3.8) is 0 Å². The number of nitrogens with zero attached hydrogens (tertiary/aromatic N) is 4. The van der Waals surface area contributed by atoms with Gasteiger partial charge in [0.1, 0.15) is 11.5 Å². The number of hydrogen-bond acceptors (Lipinski definition) is 5. The molecule has 7 nitrogen and oxygen atoms in total. The number of rotatable bonds is 6. The van der Waals surface area contributed by atoms with Crippen molar-refractivity contribution in [3.8, 4) is 5.69 Å². The fourth-order valence-corrected chi connectivity index (χ4v) is 7.60. The summed E-state index contributed by atoms with van der Waals surface area (Å²) < 4.78 is 83.4. The molecule has 228 valence electrons. The predicted molar refractivity (Wildman–Crippen MR) is 155 cm³/mol. The molecule has 4 aromatic rings. The molecule has 1 saturated carbocycles. The average molecular weight is 645 g/mol. The van der Waals surface area contributed by atoms with Gasteiger partial charge in [0.2, 0.25) is 10.0 Å². The molecule has 0 bridgehead atoms. The van der Waals surface area contributed by atoms with E-state index in [4.69, 9.17) is 11.6 Å². The number of halogens is 5. The van der Waals surface area contributed by atoms with Gasteiger partial charge < -0.3 is 0 Å². The lowest BCUT2D eigenvalue weighted by molar-refractivity contribution is -0.137. The van der Waals surface area contributed by atoms with Crippen LogP contribution >= 0.6 is 11.6 Å². The first-order chi connectivity index (χ1) is 20.8. The highest BCUT2D eigenvalue weighted by atomic mass is 35.5. The highest BCUT2D eigenvalue weighted by Crippen LogP contribution is 2.51. The third-order valence-electron chi connectivity index (χ3n) is 8.47. The van der Waals surface area contributed by atoms with Crippen LogP contribution in [0.3, 0.4) is 0 Å². The minimum atomic E-state index is -4.62. The van der Waals surface area contributed by atoms with Crippen molar-refractivity contribution >= 4 is 33.5 Å². The third kappa shape index (κ3) is 5.24. The molecule has 2 aliphatic carbocycles. The smallest absolute Gasteiger partial charge is 0.291 e. The van der Waals surface area contributed by atoms with Gasteiger partial charge in [-0.25, -0.2) is 17.5 Å². The number of benzene rings is 2. The molecule has 1 fully saturated rings. The number of pyridine rings is 1. The van der Waals surface area contributed by atoms with Crippen LogP contribution < -0.4 is 0 Å². The summed E-state index contributed by atoms with van der Waals surface area (Å²) in [5.41, 5.74) is 0.261. The minimum Gasteiger partial charge on any atom is -0.291 e. The van der Waals surface area contributed by atoms with Crippen LogP contribution in [0.2, 0.25) is 5.02 Å². The zero-order valence-electron chi connectivity index (χ0n) is 23.2. The number of allylic oxidation sites excluding steroid dienone is 1. The van der Waals surface area contributed by atoms with E-state index in [-0.39, 0.29) is 23.4 Å². The van der Waals surface area contributed by atoms with Crippen LogP contribution in [0.25, 0.3) is 11.8 Å². The maximum absolute atomic E-state index is 14.3. The summed E-state index contributed by atoms with van der Waals surface area (Å²) in [6.45, 7) is 0. The van der Waals surface area contributed by atoms with E-state index >= 15 is 0 Å². The van der Waals surface area contributed by atoms with Crippen LogP contribution in [-0.2, 0) is 22.6 Å². The monoisotopic (exact) mass is 644 g/mol. The maximum atomic E-state index is 14.3. The number of alkyl halides is 3. The number of carbonyl (C=O) groups excluding carboxylic acids is 1. The van der Waals surface area contributed by atoms with Gasteiger partial charge in [-0.05, 0) is 98.0 Å². The zero-order chi connectivity index (χ0) is 31.4. The van der Waals surface area contributed by atoms with Gasteiger partial charge in [-0.2, -0.15) is 22.6 Å². The first-order valence-corrected chi connectivity index (χ1v) is 15.5. The lowest BCUT2D eigenvalue weighted by atomic mass is 9.60. The molecule has 2 aliphatic rings. The summed E-state index contributed by atoms with van der Waals surface area (Å²) in [5, 5.41) is 4.86. The predicted octanol–water partition coefficient (Wildman–Crippen LogP) is 6.76. The number of fused-ring (bicyclic) bond motifs is 2. The molecule has 2 aromatic carbocycles. The maximum Gasteiger partial charge on any atom is 0.417 e. The van der Waals surface area contributed by atoms with E-state index in [1.807, 2.05) is 6.08 Å². The zero-order valence-corrected chi connectivity index (χ0v) is 24.8. The van der Waals surface area contributed by atoms with E-state index < -0.39 is 44.8 Å². The summed E-state index contributed by atoms with van der Waals surface area (Å²) in [5.74, 6) is -0.905. The fourth-order valence-electron chi connectivity index (χ4n) is 6.09. The van der Waals surface area contributed by atoms with Gasteiger partial charge in [-0.3, -0.25) is 9.78 Å². The topological polar surface area (TPSA) is 85.2 Å². The Morgan fingerprint density at radius 3 is 2.39 bits per heavy atom. The molecule has 0 saturated heterocycles. The van der Waals surface area contributed by atoms with Crippen molar-refractivity contribution < 1.29 is 30.8 Å². The van der Waals surface area contributed by atoms with E-state index in [2.05, 4.69) is 10.1 Å². The highest BCUT2D eigenvalue weighted by Gasteiger charge is 2.51. The summed E-state index contributed by atoms with van der Waals surface area (Å²) in [6, 6.07) is 12.8. The Labute approximate surface area is 255 Å². The summed E-state index contributed by atoms with van der Waals surface area (Å²) >= 11 is 5.96. The van der Waals surface area contributed by atoms with E-state index in [1.54, 1.807) is 23.0 Å². The van der Waals surface area contributed by atoms with Crippen molar-refractivity contribution in [2.24, 2.45) is 5.41 Å². The normalized spacial score (nSPS) is 20.2. The Hall–Kier alpha value is -3.87. The van der Waals surface area contributed by atoms with Gasteiger partial charge in [-0.15, -0.1) is 0 Å². The quantitative estimate of drug-likeness (QED) is 0.171. The minimum absolute atomic E-state index is 0.0435. The molecule has 0 radical (unpaired) electrons. The first kappa shape index (κ1) is 30.2. The number of ketones is 1. The molecule has 0 unspecified atom stereocenters. The Morgan fingerprint density at radius 2 is 1.75 bits per heavy atom. The average Bonchev–Trinajstić information content (AvgIpc) is 3.41. The second-order valence-electron chi connectivity index (χ2n) is 11.0. The summed E-state index contributed by atoms with van der Waals surface area (Å²) in [6.07, 6.45) is 0.371. The van der Waals surface area contributed by atoms with Crippen molar-refractivity contribution in [2.75, 3.05) is 7.05 Å². The molecule has 0 spiro atoms. The van der Waals surface area contributed by atoms with Gasteiger partial charge in [0, 0.05) is 24.3 Å². The van der Waals surface area contributed by atoms with Crippen LogP contribution in [-0.4, -0.2) is 46.4 Å². The number of hydrogen-bond donors (Lipinski definition) is 0. The lowest BCUT2D eigenvalue weighted by Crippen LogP contribution is -2.49. The molecule has 2 atom stereocenters. The van der Waals surface area contributed by atoms with Crippen molar-refractivity contribution in [1.82, 2.24) is 19.1 Å². The number of aromatic nitrogens is 3. The second kappa shape index (κ2) is 10.9. The Bertz CT molecular complexity index is 1870. The van der Waals surface area contributed by atoms with E-state index in [1.165, 1.54) is 47.8 Å². The van der Waals surface area contributed by atoms with Crippen LogP contribution in [0.1, 0.15) is 46.6 Å². The first-order valence-electron chi connectivity index (χ1n) is 13.7. The molecule has 0 aliphatic heterocycles. The van der Waals surface area contributed by atoms with Crippen molar-refractivity contribution in [1.29, 1.82) is 0 Å². The molecule has 2 heterocycles. The number of carbonyl (C=O) groups is 1. The van der Waals surface area contributed by atoms with E-state index in [0.717, 1.165) is 12.1 Å². The van der Waals surface area contributed by atoms with Crippen molar-refractivity contribution in [2.45, 2.75) is 42.8 Å². The van der Waals surface area contributed by atoms with E-state index in [0.29, 0.717) is 46.6 Å². The van der Waals surface area contributed by atoms with Gasteiger partial charge in [0.15, 0.2) is 5.78 Å². The molecule has 13 heteroatoms. The van der Waals surface area contributed by atoms with Gasteiger partial charge in [0.25, 0.3) is 0 Å². The highest BCUT2D eigenvalue weighted by molar-refractivity contribution is 7.89. The molecule has 6 rings (SSSR count). The lowest BCUT2D eigenvalue weighted by Gasteiger charge is -2.45. The standard InChI is InChI=1S/C31H25ClF4N4O3S/c1-39(44(42,43)26-11-4-22(32)5-12-26)25-8-2-20-14-28-19(17-38-40(28)24-9-6-23(33)7-10-24)15-30(20,16-25)29(41)27-13-3-21(18-37-27)31(34,35)36/h3-7,9-14,17-18,25H,2,8,15-16H2,1H3/t25-,30-/m0/s1. The SMILES string of the molecule is CN([C@H]1CCC2=Cc3c(cnn3-c3ccc(F)cc3)C[C@]2(C(=O)c2ccc(C(F)(F)F)cn2)C1)S(=O)(=O)c1ccc(Cl)cc1. The molecular weight excluding hydrogens is 620 g/mol. The van der Waals surface area contributed by atoms with Gasteiger partial charge in [0.05, 0.1) is 33.5 Å². The second-order valence-corrected chi connectivity index (χ2v) is 13.4. The summed E-state index contributed by atoms with van der Waals surface area (Å²) in [7, 11) is -2.52. The Kier molecular flexibility index (Phi) is 7.50. The molecule has 0 amide bonds. The summed E-state index contributed by atoms with van der Waals surface area (Å²) in [4.78, 5) is 18.3.